The lowest BCUT2D eigenvalue weighted by Gasteiger charge is -2.35. The van der Waals surface area contributed by atoms with Crippen LogP contribution in [-0.2, 0) is 19.1 Å². The Hall–Kier alpha value is -3.35. The number of benzene rings is 1. The molecule has 2 heterocycles. The minimum Gasteiger partial charge on any atom is -0.465 e. The van der Waals surface area contributed by atoms with Crippen molar-refractivity contribution in [1.29, 1.82) is 0 Å². The monoisotopic (exact) mass is 382 g/mol. The summed E-state index contributed by atoms with van der Waals surface area (Å²) in [5, 5.41) is 0. The molecule has 7 nitrogen and oxygen atoms in total. The standard InChI is InChI=1S/C21H22N2O5/c1-4-27-21(26)13-23-18-11-15(3)14(2)10-17(18)22(12-20(23)25)19(24)8-7-16-6-5-9-28-16/h5-11H,4,12-13H2,1-3H3/b8-7+. The van der Waals surface area contributed by atoms with E-state index in [1.165, 1.54) is 22.1 Å². The molecule has 2 amide bonds. The molecule has 3 rings (SSSR count). The molecule has 0 unspecified atom stereocenters. The van der Waals surface area contributed by atoms with E-state index in [-0.39, 0.29) is 31.5 Å². The summed E-state index contributed by atoms with van der Waals surface area (Å²) in [5.74, 6) is -0.632. The molecule has 0 N–H and O–H groups in total. The second-order valence-electron chi connectivity index (χ2n) is 6.48. The molecule has 0 saturated carbocycles. The summed E-state index contributed by atoms with van der Waals surface area (Å²) in [6.45, 7) is 5.46. The second-order valence-corrected chi connectivity index (χ2v) is 6.48. The van der Waals surface area contributed by atoms with E-state index in [0.29, 0.717) is 17.1 Å². The van der Waals surface area contributed by atoms with Crippen LogP contribution >= 0.6 is 0 Å². The topological polar surface area (TPSA) is 80.1 Å². The average Bonchev–Trinajstić information content (AvgIpc) is 3.17. The lowest BCUT2D eigenvalue weighted by Crippen LogP contribution is -2.49. The molecule has 2 aromatic rings. The van der Waals surface area contributed by atoms with Gasteiger partial charge in [-0.2, -0.15) is 0 Å². The van der Waals surface area contributed by atoms with Crippen LogP contribution in [0.25, 0.3) is 6.08 Å². The minimum absolute atomic E-state index is 0.157. The van der Waals surface area contributed by atoms with E-state index in [1.54, 1.807) is 25.1 Å². The Kier molecular flexibility index (Phi) is 5.63. The number of fused-ring (bicyclic) bond motifs is 1. The normalized spacial score (nSPS) is 13.8. The van der Waals surface area contributed by atoms with Gasteiger partial charge in [0.15, 0.2) is 0 Å². The predicted octanol–water partition coefficient (Wildman–Crippen LogP) is 2.85. The number of amides is 2. The Morgan fingerprint density at radius 2 is 1.93 bits per heavy atom. The number of carbonyl (C=O) groups excluding carboxylic acids is 3. The third kappa shape index (κ3) is 3.98. The first-order chi connectivity index (χ1) is 13.4. The Morgan fingerprint density at radius 1 is 1.21 bits per heavy atom. The van der Waals surface area contributed by atoms with Crippen molar-refractivity contribution >= 4 is 35.2 Å². The number of anilines is 2. The van der Waals surface area contributed by atoms with E-state index < -0.39 is 5.97 Å². The average molecular weight is 382 g/mol. The van der Waals surface area contributed by atoms with Gasteiger partial charge in [0, 0.05) is 6.08 Å². The van der Waals surface area contributed by atoms with E-state index in [2.05, 4.69) is 0 Å². The summed E-state index contributed by atoms with van der Waals surface area (Å²) in [4.78, 5) is 40.2. The summed E-state index contributed by atoms with van der Waals surface area (Å²) in [5.41, 5.74) is 3.05. The van der Waals surface area contributed by atoms with Gasteiger partial charge in [-0.3, -0.25) is 24.2 Å². The van der Waals surface area contributed by atoms with Crippen LogP contribution in [0.5, 0.6) is 0 Å². The molecule has 28 heavy (non-hydrogen) atoms. The molecule has 1 aromatic heterocycles. The zero-order valence-corrected chi connectivity index (χ0v) is 16.1. The van der Waals surface area contributed by atoms with Gasteiger partial charge < -0.3 is 9.15 Å². The zero-order chi connectivity index (χ0) is 20.3. The Morgan fingerprint density at radius 3 is 2.57 bits per heavy atom. The maximum Gasteiger partial charge on any atom is 0.326 e. The van der Waals surface area contributed by atoms with Crippen molar-refractivity contribution in [3.8, 4) is 0 Å². The summed E-state index contributed by atoms with van der Waals surface area (Å²) < 4.78 is 10.2. The summed E-state index contributed by atoms with van der Waals surface area (Å²) in [6.07, 6.45) is 4.44. The van der Waals surface area contributed by atoms with Crippen molar-refractivity contribution in [2.24, 2.45) is 0 Å². The molecule has 0 atom stereocenters. The largest absolute Gasteiger partial charge is 0.465 e. The van der Waals surface area contributed by atoms with Crippen molar-refractivity contribution in [2.45, 2.75) is 20.8 Å². The van der Waals surface area contributed by atoms with Crippen molar-refractivity contribution in [3.05, 3.63) is 53.5 Å². The maximum absolute atomic E-state index is 12.8. The highest BCUT2D eigenvalue weighted by atomic mass is 16.5. The Labute approximate surface area is 163 Å². The van der Waals surface area contributed by atoms with E-state index in [1.807, 2.05) is 26.0 Å². The Bertz CT molecular complexity index is 931. The number of ether oxygens (including phenoxy) is 1. The number of rotatable bonds is 5. The SMILES string of the molecule is CCOC(=O)CN1C(=O)CN(C(=O)/C=C/c2ccco2)c2cc(C)c(C)cc21. The van der Waals surface area contributed by atoms with Crippen molar-refractivity contribution < 1.29 is 23.5 Å². The van der Waals surface area contributed by atoms with Crippen molar-refractivity contribution in [1.82, 2.24) is 0 Å². The first-order valence-electron chi connectivity index (χ1n) is 9.01. The molecule has 1 aliphatic heterocycles. The maximum atomic E-state index is 12.8. The van der Waals surface area contributed by atoms with Gasteiger partial charge in [-0.25, -0.2) is 0 Å². The molecule has 0 aliphatic carbocycles. The highest BCUT2D eigenvalue weighted by molar-refractivity contribution is 6.15. The van der Waals surface area contributed by atoms with Crippen LogP contribution in [0.2, 0.25) is 0 Å². The molecule has 0 fully saturated rings. The number of hydrogen-bond acceptors (Lipinski definition) is 5. The zero-order valence-electron chi connectivity index (χ0n) is 16.1. The fourth-order valence-corrected chi connectivity index (χ4v) is 2.99. The van der Waals surface area contributed by atoms with E-state index in [4.69, 9.17) is 9.15 Å². The van der Waals surface area contributed by atoms with Crippen molar-refractivity contribution in [3.63, 3.8) is 0 Å². The summed E-state index contributed by atoms with van der Waals surface area (Å²) in [6, 6.07) is 7.13. The third-order valence-corrected chi connectivity index (χ3v) is 4.56. The molecule has 0 radical (unpaired) electrons. The van der Waals surface area contributed by atoms with Gasteiger partial charge in [0.2, 0.25) is 5.91 Å². The van der Waals surface area contributed by atoms with Crippen LogP contribution in [0.3, 0.4) is 0 Å². The van der Waals surface area contributed by atoms with E-state index in [0.717, 1.165) is 11.1 Å². The van der Waals surface area contributed by atoms with Gasteiger partial charge in [-0.05, 0) is 62.2 Å². The first kappa shape index (κ1) is 19.4. The van der Waals surface area contributed by atoms with E-state index in [9.17, 15) is 14.4 Å². The van der Waals surface area contributed by atoms with Crippen LogP contribution in [0.15, 0.2) is 41.0 Å². The smallest absolute Gasteiger partial charge is 0.326 e. The van der Waals surface area contributed by atoms with Gasteiger partial charge >= 0.3 is 5.97 Å². The first-order valence-corrected chi connectivity index (χ1v) is 9.01. The van der Waals surface area contributed by atoms with Gasteiger partial charge in [0.25, 0.3) is 5.91 Å². The molecule has 1 aromatic carbocycles. The number of nitrogens with zero attached hydrogens (tertiary/aromatic N) is 2. The fraction of sp³-hybridized carbons (Fsp3) is 0.286. The van der Waals surface area contributed by atoms with Crippen LogP contribution in [-0.4, -0.2) is 37.5 Å². The number of furan rings is 1. The van der Waals surface area contributed by atoms with Crippen molar-refractivity contribution in [2.75, 3.05) is 29.5 Å². The predicted molar refractivity (Wildman–Crippen MR) is 105 cm³/mol. The number of carbonyl (C=O) groups is 3. The van der Waals surface area contributed by atoms with Crippen LogP contribution in [0, 0.1) is 13.8 Å². The lowest BCUT2D eigenvalue weighted by molar-refractivity contribution is -0.142. The molecular weight excluding hydrogens is 360 g/mol. The molecule has 146 valence electrons. The molecular formula is C21H22N2O5. The highest BCUT2D eigenvalue weighted by Gasteiger charge is 2.33. The molecule has 0 bridgehead atoms. The summed E-state index contributed by atoms with van der Waals surface area (Å²) >= 11 is 0. The van der Waals surface area contributed by atoms with Crippen LogP contribution < -0.4 is 9.80 Å². The number of esters is 1. The number of aryl methyl sites for hydroxylation is 2. The summed E-state index contributed by atoms with van der Waals surface area (Å²) in [7, 11) is 0. The second kappa shape index (κ2) is 8.12. The molecule has 1 aliphatic rings. The highest BCUT2D eigenvalue weighted by Crippen LogP contribution is 2.36. The molecule has 0 saturated heterocycles. The molecule has 0 spiro atoms. The van der Waals surface area contributed by atoms with Gasteiger partial charge in [0.1, 0.15) is 18.8 Å². The van der Waals surface area contributed by atoms with E-state index >= 15 is 0 Å². The quantitative estimate of drug-likeness (QED) is 0.587. The third-order valence-electron chi connectivity index (χ3n) is 4.56. The van der Waals surface area contributed by atoms with Gasteiger partial charge in [-0.1, -0.05) is 0 Å². The van der Waals surface area contributed by atoms with Crippen LogP contribution in [0.4, 0.5) is 11.4 Å². The van der Waals surface area contributed by atoms with Gasteiger partial charge in [-0.15, -0.1) is 0 Å². The fourth-order valence-electron chi connectivity index (χ4n) is 2.99. The Balaban J connectivity index is 1.95. The minimum atomic E-state index is -0.488. The number of hydrogen-bond donors (Lipinski definition) is 0. The van der Waals surface area contributed by atoms with Crippen LogP contribution in [0.1, 0.15) is 23.8 Å². The van der Waals surface area contributed by atoms with Gasteiger partial charge in [0.05, 0.1) is 24.2 Å². The molecule has 7 heteroatoms. The lowest BCUT2D eigenvalue weighted by atomic mass is 10.0.